The van der Waals surface area contributed by atoms with E-state index >= 15 is 0 Å². The molecule has 0 bridgehead atoms. The molecule has 0 aliphatic heterocycles. The van der Waals surface area contributed by atoms with Gasteiger partial charge in [0.25, 0.3) is 0 Å². The predicted octanol–water partition coefficient (Wildman–Crippen LogP) is 4.34. The van der Waals surface area contributed by atoms with Crippen molar-refractivity contribution < 1.29 is 13.5 Å². The zero-order chi connectivity index (χ0) is 28.2. The number of nitrogens with two attached hydrogens (primary N) is 3. The summed E-state index contributed by atoms with van der Waals surface area (Å²) >= 11 is 0. The summed E-state index contributed by atoms with van der Waals surface area (Å²) in [5, 5.41) is 35.2. The van der Waals surface area contributed by atoms with Crippen molar-refractivity contribution in [3.8, 4) is 5.75 Å². The Morgan fingerprint density at radius 2 is 1.62 bits per heavy atom. The molecule has 19 heteroatoms. The van der Waals surface area contributed by atoms with Crippen LogP contribution >= 0.6 is 0 Å². The summed E-state index contributed by atoms with van der Waals surface area (Å²) in [4.78, 5) is 10.8. The Morgan fingerprint density at radius 1 is 1.00 bits per heavy atom. The fraction of sp³-hybridized carbons (Fsp3) is 0.150. The van der Waals surface area contributed by atoms with Crippen molar-refractivity contribution in [2.24, 2.45) is 53.7 Å². The van der Waals surface area contributed by atoms with Crippen molar-refractivity contribution in [2.45, 2.75) is 6.54 Å². The standard InChI is InChI=1S/C20H20F2N16O/c21-13-7-10(39-6-5-29-35-24)8-14(22)12(13)9-28-15-4-2-1-3-11(15)16(23)18-30-19(33-37-26)17(32-36-25)20(31-18)34-38-27/h1-4,7-8,23,28H,5-6,9H2,(H2,25,32)(H4,26,27,30,31,33,34). The van der Waals surface area contributed by atoms with Crippen molar-refractivity contribution in [3.63, 3.8) is 0 Å². The highest BCUT2D eigenvalue weighted by Crippen LogP contribution is 2.36. The van der Waals surface area contributed by atoms with Crippen molar-refractivity contribution in [1.82, 2.24) is 9.97 Å². The maximum absolute atomic E-state index is 14.7. The van der Waals surface area contributed by atoms with Gasteiger partial charge in [-0.1, -0.05) is 39.0 Å². The maximum Gasteiger partial charge on any atom is 0.210 e. The SMILES string of the molecule is [N-]=[N+]=NCCOc1cc(F)c(CNc2ccccc2C(=N)c2nc(N=NN)c(N=NN)c(N=NN)n2)c(F)c1. The summed E-state index contributed by atoms with van der Waals surface area (Å²) in [5.74, 6) is 13.0. The molecule has 0 unspecified atom stereocenters. The number of hydrogen-bond acceptors (Lipinski definition) is 12. The average molecular weight is 538 g/mol. The molecule has 1 heterocycles. The molecule has 3 aromatic rings. The van der Waals surface area contributed by atoms with Crippen LogP contribution in [0.5, 0.6) is 5.75 Å². The minimum absolute atomic E-state index is 0.00248. The molecule has 200 valence electrons. The van der Waals surface area contributed by atoms with Gasteiger partial charge < -0.3 is 27.6 Å². The Bertz CT molecular complexity index is 1430. The van der Waals surface area contributed by atoms with Gasteiger partial charge in [-0.2, -0.15) is 0 Å². The first-order chi connectivity index (χ1) is 18.9. The molecule has 17 nitrogen and oxygen atoms in total. The normalized spacial score (nSPS) is 11.2. The van der Waals surface area contributed by atoms with Gasteiger partial charge in [0.15, 0.2) is 11.5 Å². The highest BCUT2D eigenvalue weighted by molar-refractivity contribution is 6.12. The van der Waals surface area contributed by atoms with Gasteiger partial charge in [0.2, 0.25) is 11.6 Å². The lowest BCUT2D eigenvalue weighted by Crippen LogP contribution is -2.12. The van der Waals surface area contributed by atoms with E-state index < -0.39 is 11.6 Å². The van der Waals surface area contributed by atoms with Crippen LogP contribution in [0.3, 0.4) is 0 Å². The van der Waals surface area contributed by atoms with Gasteiger partial charge in [0, 0.05) is 40.4 Å². The molecule has 0 saturated carbocycles. The monoisotopic (exact) mass is 538 g/mol. The summed E-state index contributed by atoms with van der Waals surface area (Å²) in [7, 11) is 0. The third-order valence-corrected chi connectivity index (χ3v) is 4.82. The lowest BCUT2D eigenvalue weighted by Gasteiger charge is -2.14. The van der Waals surface area contributed by atoms with E-state index in [0.29, 0.717) is 5.69 Å². The topological polar surface area (TPSA) is 272 Å². The molecule has 0 spiro atoms. The zero-order valence-corrected chi connectivity index (χ0v) is 19.9. The first-order valence-corrected chi connectivity index (χ1v) is 10.7. The second kappa shape index (κ2) is 13.5. The maximum atomic E-state index is 14.7. The molecular formula is C20H20F2N16O. The number of para-hydroxylation sites is 1. The van der Waals surface area contributed by atoms with Crippen LogP contribution in [0.1, 0.15) is 17.0 Å². The lowest BCUT2D eigenvalue weighted by atomic mass is 10.1. The molecule has 2 aromatic carbocycles. The van der Waals surface area contributed by atoms with Crippen LogP contribution < -0.4 is 27.6 Å². The Labute approximate surface area is 218 Å². The summed E-state index contributed by atoms with van der Waals surface area (Å²) in [6.07, 6.45) is 0. The van der Waals surface area contributed by atoms with Gasteiger partial charge in [-0.05, 0) is 11.6 Å². The first-order valence-electron chi connectivity index (χ1n) is 10.7. The Morgan fingerprint density at radius 3 is 2.21 bits per heavy atom. The van der Waals surface area contributed by atoms with E-state index in [0.717, 1.165) is 12.1 Å². The van der Waals surface area contributed by atoms with Crippen LogP contribution in [-0.4, -0.2) is 28.8 Å². The van der Waals surface area contributed by atoms with Crippen molar-refractivity contribution >= 4 is 28.7 Å². The fourth-order valence-electron chi connectivity index (χ4n) is 3.18. The zero-order valence-electron chi connectivity index (χ0n) is 19.9. The Balaban J connectivity index is 1.90. The molecule has 1 aromatic heterocycles. The number of nitrogens with one attached hydrogen (secondary N) is 2. The van der Waals surface area contributed by atoms with Gasteiger partial charge in [-0.15, -0.1) is 15.3 Å². The number of aromatic nitrogens is 2. The second-order valence-corrected chi connectivity index (χ2v) is 7.13. The summed E-state index contributed by atoms with van der Waals surface area (Å²) in [5.41, 5.74) is 8.20. The Kier molecular flexibility index (Phi) is 9.58. The van der Waals surface area contributed by atoms with Crippen LogP contribution in [-0.2, 0) is 6.54 Å². The van der Waals surface area contributed by atoms with Crippen LogP contribution in [0.2, 0.25) is 0 Å². The number of hydrogen-bond donors (Lipinski definition) is 5. The Hall–Kier alpha value is -5.84. The fourth-order valence-corrected chi connectivity index (χ4v) is 3.18. The largest absolute Gasteiger partial charge is 0.493 e. The second-order valence-electron chi connectivity index (χ2n) is 7.13. The highest BCUT2D eigenvalue weighted by atomic mass is 19.1. The van der Waals surface area contributed by atoms with E-state index in [1.54, 1.807) is 24.3 Å². The third-order valence-electron chi connectivity index (χ3n) is 4.82. The number of azide groups is 1. The number of ether oxygens (including phenoxy) is 1. The number of nitrogens with zero attached hydrogens (tertiary/aromatic N) is 11. The minimum atomic E-state index is -0.865. The summed E-state index contributed by atoms with van der Waals surface area (Å²) in [6, 6.07) is 8.46. The van der Waals surface area contributed by atoms with Gasteiger partial charge >= 0.3 is 0 Å². The smallest absolute Gasteiger partial charge is 0.210 e. The number of rotatable bonds is 12. The van der Waals surface area contributed by atoms with Gasteiger partial charge in [-0.25, -0.2) is 18.7 Å². The molecule has 0 saturated heterocycles. The molecular weight excluding hydrogens is 518 g/mol. The molecule has 0 aliphatic carbocycles. The quantitative estimate of drug-likeness (QED) is 0.0422. The average Bonchev–Trinajstić information content (AvgIpc) is 2.92. The van der Waals surface area contributed by atoms with Crippen LogP contribution in [0, 0.1) is 17.0 Å². The van der Waals surface area contributed by atoms with E-state index in [1.807, 2.05) is 0 Å². The summed E-state index contributed by atoms with van der Waals surface area (Å²) < 4.78 is 34.5. The lowest BCUT2D eigenvalue weighted by molar-refractivity contribution is 0.323. The first kappa shape index (κ1) is 27.7. The third kappa shape index (κ3) is 6.89. The molecule has 0 radical (unpaired) electrons. The number of anilines is 1. The minimum Gasteiger partial charge on any atom is -0.493 e. The highest BCUT2D eigenvalue weighted by Gasteiger charge is 2.20. The number of halogens is 2. The van der Waals surface area contributed by atoms with E-state index in [9.17, 15) is 8.78 Å². The van der Waals surface area contributed by atoms with Crippen LogP contribution in [0.4, 0.5) is 31.8 Å². The van der Waals surface area contributed by atoms with Crippen LogP contribution in [0.25, 0.3) is 10.4 Å². The number of benzene rings is 2. The van der Waals surface area contributed by atoms with Gasteiger partial charge in [0.1, 0.15) is 23.1 Å². The predicted molar refractivity (Wildman–Crippen MR) is 134 cm³/mol. The molecule has 39 heavy (non-hydrogen) atoms. The molecule has 3 rings (SSSR count). The van der Waals surface area contributed by atoms with E-state index in [4.69, 9.17) is 33.2 Å². The van der Waals surface area contributed by atoms with E-state index in [2.05, 4.69) is 56.3 Å². The van der Waals surface area contributed by atoms with Crippen LogP contribution in [0.15, 0.2) is 72.5 Å². The van der Waals surface area contributed by atoms with Crippen molar-refractivity contribution in [2.75, 3.05) is 18.5 Å². The molecule has 8 N–H and O–H groups in total. The van der Waals surface area contributed by atoms with Crippen molar-refractivity contribution in [1.29, 1.82) is 5.41 Å². The van der Waals surface area contributed by atoms with Gasteiger partial charge in [0.05, 0.1) is 13.2 Å². The van der Waals surface area contributed by atoms with Crippen molar-refractivity contribution in [3.05, 3.63) is 75.4 Å². The van der Waals surface area contributed by atoms with Gasteiger partial charge in [-0.3, -0.25) is 5.41 Å². The molecule has 0 atom stereocenters. The molecule has 0 amide bonds. The van der Waals surface area contributed by atoms with E-state index in [-0.39, 0.29) is 65.4 Å². The summed E-state index contributed by atoms with van der Waals surface area (Å²) in [6.45, 7) is -0.323. The molecule has 0 fully saturated rings. The van der Waals surface area contributed by atoms with E-state index in [1.165, 1.54) is 0 Å². The molecule has 0 aliphatic rings.